The molecule has 1 amide bonds. The summed E-state index contributed by atoms with van der Waals surface area (Å²) in [4.78, 5) is 14.6. The van der Waals surface area contributed by atoms with Crippen LogP contribution in [-0.2, 0) is 4.79 Å². The number of nitrogens with zero attached hydrogens (tertiary/aromatic N) is 1. The normalized spacial score (nSPS) is 19.3. The first kappa shape index (κ1) is 14.9. The second-order valence-electron chi connectivity index (χ2n) is 5.42. The maximum absolute atomic E-state index is 12.3. The Kier molecular flexibility index (Phi) is 5.41. The number of nitrogens with two attached hydrogens (primary N) is 1. The molecule has 0 bridgehead atoms. The molecular formula is C16H25N3O. The van der Waals surface area contributed by atoms with Gasteiger partial charge in [-0.1, -0.05) is 18.2 Å². The fraction of sp³-hybridized carbons (Fsp3) is 0.562. The molecule has 20 heavy (non-hydrogen) atoms. The van der Waals surface area contributed by atoms with Gasteiger partial charge in [-0.3, -0.25) is 4.79 Å². The van der Waals surface area contributed by atoms with E-state index < -0.39 is 0 Å². The molecule has 1 atom stereocenters. The van der Waals surface area contributed by atoms with Gasteiger partial charge in [-0.05, 0) is 50.8 Å². The number of rotatable bonds is 5. The van der Waals surface area contributed by atoms with Crippen molar-refractivity contribution in [3.8, 4) is 0 Å². The van der Waals surface area contributed by atoms with Gasteiger partial charge >= 0.3 is 0 Å². The highest BCUT2D eigenvalue weighted by Crippen LogP contribution is 2.25. The molecule has 3 N–H and O–H groups in total. The van der Waals surface area contributed by atoms with Crippen molar-refractivity contribution in [1.29, 1.82) is 0 Å². The lowest BCUT2D eigenvalue weighted by Gasteiger charge is -2.33. The van der Waals surface area contributed by atoms with Crippen molar-refractivity contribution in [2.45, 2.75) is 38.6 Å². The summed E-state index contributed by atoms with van der Waals surface area (Å²) in [6.07, 6.45) is 3.98. The molecule has 4 nitrogen and oxygen atoms in total. The number of hydrogen-bond acceptors (Lipinski definition) is 3. The smallest absolute Gasteiger partial charge is 0.242 e. The number of amides is 1. The number of nitrogens with one attached hydrogen (secondary N) is 1. The first-order chi connectivity index (χ1) is 9.74. The third kappa shape index (κ3) is 3.51. The molecule has 0 saturated carbocycles. The van der Waals surface area contributed by atoms with Crippen LogP contribution in [0.3, 0.4) is 0 Å². The van der Waals surface area contributed by atoms with Crippen molar-refractivity contribution < 1.29 is 4.79 Å². The van der Waals surface area contributed by atoms with E-state index in [4.69, 9.17) is 5.73 Å². The summed E-state index contributed by atoms with van der Waals surface area (Å²) in [6, 6.07) is 8.20. The van der Waals surface area contributed by atoms with E-state index in [1.807, 2.05) is 12.1 Å². The lowest BCUT2D eigenvalue weighted by molar-refractivity contribution is -0.122. The Morgan fingerprint density at radius 3 is 2.90 bits per heavy atom. The highest BCUT2D eigenvalue weighted by Gasteiger charge is 2.27. The van der Waals surface area contributed by atoms with Crippen LogP contribution >= 0.6 is 0 Å². The molecule has 1 aliphatic heterocycles. The van der Waals surface area contributed by atoms with Crippen LogP contribution in [0, 0.1) is 6.92 Å². The Balaban J connectivity index is 2.26. The van der Waals surface area contributed by atoms with Crippen molar-refractivity contribution in [3.63, 3.8) is 0 Å². The minimum atomic E-state index is -0.0647. The van der Waals surface area contributed by atoms with Crippen LogP contribution in [0.1, 0.15) is 31.2 Å². The molecule has 0 radical (unpaired) electrons. The van der Waals surface area contributed by atoms with Crippen molar-refractivity contribution >= 4 is 11.6 Å². The zero-order chi connectivity index (χ0) is 14.4. The third-order valence-electron chi connectivity index (χ3n) is 3.91. The summed E-state index contributed by atoms with van der Waals surface area (Å²) < 4.78 is 0. The average Bonchev–Trinajstić information content (AvgIpc) is 2.66. The summed E-state index contributed by atoms with van der Waals surface area (Å²) in [5.41, 5.74) is 8.03. The van der Waals surface area contributed by atoms with Crippen molar-refractivity contribution in [1.82, 2.24) is 5.32 Å². The monoisotopic (exact) mass is 275 g/mol. The van der Waals surface area contributed by atoms with Crippen molar-refractivity contribution in [3.05, 3.63) is 29.8 Å². The van der Waals surface area contributed by atoms with Gasteiger partial charge in [0.25, 0.3) is 0 Å². The van der Waals surface area contributed by atoms with Gasteiger partial charge in [0.05, 0.1) is 0 Å². The second kappa shape index (κ2) is 7.29. The highest BCUT2D eigenvalue weighted by atomic mass is 16.2. The van der Waals surface area contributed by atoms with Crippen LogP contribution in [0.25, 0.3) is 0 Å². The molecule has 1 saturated heterocycles. The van der Waals surface area contributed by atoms with E-state index in [0.717, 1.165) is 44.5 Å². The Morgan fingerprint density at radius 2 is 2.15 bits per heavy atom. The summed E-state index contributed by atoms with van der Waals surface area (Å²) in [5.74, 6) is 0.155. The van der Waals surface area contributed by atoms with Crippen LogP contribution in [0.4, 0.5) is 5.69 Å². The van der Waals surface area contributed by atoms with Gasteiger partial charge in [0.2, 0.25) is 5.91 Å². The molecule has 0 spiro atoms. The van der Waals surface area contributed by atoms with Crippen LogP contribution in [0.2, 0.25) is 0 Å². The zero-order valence-electron chi connectivity index (χ0n) is 12.3. The minimum Gasteiger partial charge on any atom is -0.359 e. The van der Waals surface area contributed by atoms with E-state index >= 15 is 0 Å². The van der Waals surface area contributed by atoms with Gasteiger partial charge < -0.3 is 16.0 Å². The average molecular weight is 275 g/mol. The minimum absolute atomic E-state index is 0.0647. The summed E-state index contributed by atoms with van der Waals surface area (Å²) in [5, 5.41) is 3.03. The fourth-order valence-corrected chi connectivity index (χ4v) is 2.81. The van der Waals surface area contributed by atoms with Gasteiger partial charge in [-0.2, -0.15) is 0 Å². The number of aryl methyl sites for hydroxylation is 1. The topological polar surface area (TPSA) is 58.4 Å². The van der Waals surface area contributed by atoms with Crippen LogP contribution < -0.4 is 16.0 Å². The first-order valence-electron chi connectivity index (χ1n) is 7.54. The summed E-state index contributed by atoms with van der Waals surface area (Å²) >= 11 is 0. The van der Waals surface area contributed by atoms with Gasteiger partial charge in [0, 0.05) is 18.8 Å². The maximum atomic E-state index is 12.3. The number of carbonyl (C=O) groups is 1. The molecule has 1 unspecified atom stereocenters. The molecule has 1 aliphatic rings. The van der Waals surface area contributed by atoms with E-state index in [2.05, 4.69) is 29.3 Å². The van der Waals surface area contributed by atoms with Crippen molar-refractivity contribution in [2.75, 3.05) is 24.5 Å². The second-order valence-corrected chi connectivity index (χ2v) is 5.42. The first-order valence-corrected chi connectivity index (χ1v) is 7.54. The van der Waals surface area contributed by atoms with E-state index in [9.17, 15) is 4.79 Å². The molecule has 1 aromatic carbocycles. The molecule has 2 rings (SSSR count). The highest BCUT2D eigenvalue weighted by molar-refractivity contribution is 5.85. The number of para-hydroxylation sites is 1. The van der Waals surface area contributed by atoms with Crippen LogP contribution in [0.15, 0.2) is 24.3 Å². The maximum Gasteiger partial charge on any atom is 0.242 e. The van der Waals surface area contributed by atoms with Gasteiger partial charge in [0.15, 0.2) is 0 Å². The molecule has 110 valence electrons. The number of benzene rings is 1. The Bertz CT molecular complexity index is 447. The predicted molar refractivity (Wildman–Crippen MR) is 82.8 cm³/mol. The predicted octanol–water partition coefficient (Wildman–Crippen LogP) is 1.82. The van der Waals surface area contributed by atoms with Crippen LogP contribution in [0.5, 0.6) is 0 Å². The van der Waals surface area contributed by atoms with Crippen LogP contribution in [-0.4, -0.2) is 31.6 Å². The Hall–Kier alpha value is -1.55. The third-order valence-corrected chi connectivity index (χ3v) is 3.91. The van der Waals surface area contributed by atoms with E-state index in [0.29, 0.717) is 6.54 Å². The number of hydrogen-bond donors (Lipinski definition) is 2. The van der Waals surface area contributed by atoms with Gasteiger partial charge in [-0.25, -0.2) is 0 Å². The lowest BCUT2D eigenvalue weighted by Crippen LogP contribution is -2.47. The Morgan fingerprint density at radius 1 is 1.35 bits per heavy atom. The fourth-order valence-electron chi connectivity index (χ4n) is 2.81. The molecule has 1 aromatic rings. The summed E-state index contributed by atoms with van der Waals surface area (Å²) in [7, 11) is 0. The van der Waals surface area contributed by atoms with E-state index in [-0.39, 0.29) is 11.9 Å². The quantitative estimate of drug-likeness (QED) is 0.862. The van der Waals surface area contributed by atoms with E-state index in [1.54, 1.807) is 0 Å². The lowest BCUT2D eigenvalue weighted by atomic mass is 10.1. The zero-order valence-corrected chi connectivity index (χ0v) is 12.3. The molecule has 1 fully saturated rings. The number of carbonyl (C=O) groups excluding carboxylic acids is 1. The molecule has 4 heteroatoms. The van der Waals surface area contributed by atoms with Gasteiger partial charge in [-0.15, -0.1) is 0 Å². The Labute approximate surface area is 121 Å². The molecular weight excluding hydrogens is 250 g/mol. The van der Waals surface area contributed by atoms with E-state index in [1.165, 1.54) is 5.56 Å². The molecule has 0 aliphatic carbocycles. The summed E-state index contributed by atoms with van der Waals surface area (Å²) in [6.45, 7) is 4.38. The van der Waals surface area contributed by atoms with Crippen molar-refractivity contribution in [2.24, 2.45) is 5.73 Å². The molecule has 1 heterocycles. The molecule has 0 aromatic heterocycles. The SMILES string of the molecule is Cc1ccccc1N(CCCN)C1CCCCNC1=O. The van der Waals surface area contributed by atoms with Gasteiger partial charge in [0.1, 0.15) is 6.04 Å². The standard InChI is InChI=1S/C16H25N3O/c1-13-7-2-3-8-14(13)19(12-6-10-17)15-9-4-5-11-18-16(15)20/h2-3,7-8,15H,4-6,9-12,17H2,1H3,(H,18,20). The number of anilines is 1. The largest absolute Gasteiger partial charge is 0.359 e.